The summed E-state index contributed by atoms with van der Waals surface area (Å²) < 4.78 is 37.4. The van der Waals surface area contributed by atoms with Crippen LogP contribution in [-0.2, 0) is 9.09 Å². The number of fused-ring (bicyclic) bond motifs is 1. The lowest BCUT2D eigenvalue weighted by Crippen LogP contribution is -2.42. The Kier molecular flexibility index (Phi) is 5.22. The second-order valence-corrected chi connectivity index (χ2v) is 8.16. The van der Waals surface area contributed by atoms with Crippen LogP contribution in [0.4, 0.5) is 10.2 Å². The maximum absolute atomic E-state index is 13.6. The van der Waals surface area contributed by atoms with Gasteiger partial charge in [-0.2, -0.15) is 0 Å². The third kappa shape index (κ3) is 3.82. The van der Waals surface area contributed by atoms with Crippen molar-refractivity contribution in [3.63, 3.8) is 0 Å². The van der Waals surface area contributed by atoms with Gasteiger partial charge >= 0.3 is 7.82 Å². The van der Waals surface area contributed by atoms with E-state index in [0.29, 0.717) is 17.6 Å². The Bertz CT molecular complexity index is 1080. The van der Waals surface area contributed by atoms with Crippen molar-refractivity contribution in [3.05, 3.63) is 42.7 Å². The van der Waals surface area contributed by atoms with Crippen LogP contribution in [0.5, 0.6) is 5.75 Å². The maximum atomic E-state index is 13.6. The molecule has 12 heteroatoms. The molecule has 29 heavy (non-hydrogen) atoms. The van der Waals surface area contributed by atoms with Crippen LogP contribution < -0.4 is 10.3 Å². The van der Waals surface area contributed by atoms with Crippen molar-refractivity contribution in [1.82, 2.24) is 19.5 Å². The van der Waals surface area contributed by atoms with E-state index in [-0.39, 0.29) is 42.7 Å². The summed E-state index contributed by atoms with van der Waals surface area (Å²) in [5, 5.41) is 9.79. The molecule has 4 rings (SSSR count). The first-order valence-corrected chi connectivity index (χ1v) is 10.3. The highest BCUT2D eigenvalue weighted by Gasteiger charge is 2.44. The predicted octanol–water partition coefficient (Wildman–Crippen LogP) is 1.91. The second-order valence-electron chi connectivity index (χ2n) is 6.78. The molecule has 10 nitrogen and oxygen atoms in total. The van der Waals surface area contributed by atoms with Gasteiger partial charge < -0.3 is 19.9 Å². The molecule has 0 spiro atoms. The van der Waals surface area contributed by atoms with Crippen molar-refractivity contribution < 1.29 is 28.0 Å². The average Bonchev–Trinajstić information content (AvgIpc) is 3.08. The van der Waals surface area contributed by atoms with Gasteiger partial charge in [0.05, 0.1) is 12.9 Å². The number of anilines is 1. The minimum Gasteiger partial charge on any atom is -0.401 e. The SMILES string of the molecule is Nc1ncnc2c1ncn2C1CC(COP(=O)(O)Oc2ccccc2F)C1CO. The summed E-state index contributed by atoms with van der Waals surface area (Å²) >= 11 is 0. The van der Waals surface area contributed by atoms with Gasteiger partial charge in [-0.3, -0.25) is 9.42 Å². The first-order chi connectivity index (χ1) is 13.9. The molecule has 154 valence electrons. The van der Waals surface area contributed by atoms with Gasteiger partial charge in [0, 0.05) is 18.6 Å². The lowest BCUT2D eigenvalue weighted by molar-refractivity contribution is -0.00495. The van der Waals surface area contributed by atoms with Gasteiger partial charge in [0.2, 0.25) is 0 Å². The number of halogens is 1. The number of nitrogens with two attached hydrogens (primary N) is 1. The summed E-state index contributed by atoms with van der Waals surface area (Å²) in [7, 11) is -4.51. The van der Waals surface area contributed by atoms with Crippen molar-refractivity contribution in [2.45, 2.75) is 12.5 Å². The van der Waals surface area contributed by atoms with Gasteiger partial charge in [0.25, 0.3) is 0 Å². The lowest BCUT2D eigenvalue weighted by atomic mass is 9.70. The second kappa shape index (κ2) is 7.68. The quantitative estimate of drug-likeness (QED) is 0.485. The topological polar surface area (TPSA) is 146 Å². The Hall–Kier alpha value is -2.59. The van der Waals surface area contributed by atoms with Gasteiger partial charge in [-0.25, -0.2) is 23.9 Å². The summed E-state index contributed by atoms with van der Waals surface area (Å²) in [6.07, 6.45) is 3.48. The number of aromatic nitrogens is 4. The number of aliphatic hydroxyl groups excluding tert-OH is 1. The smallest absolute Gasteiger partial charge is 0.401 e. The summed E-state index contributed by atoms with van der Waals surface area (Å²) in [6, 6.07) is 5.12. The molecular formula is C17H19FN5O5P. The van der Waals surface area contributed by atoms with Crippen LogP contribution in [0.2, 0.25) is 0 Å². The minimum absolute atomic E-state index is 0.126. The molecule has 0 saturated heterocycles. The minimum atomic E-state index is -4.51. The number of phosphoric ester groups is 1. The van der Waals surface area contributed by atoms with Crippen LogP contribution in [0.15, 0.2) is 36.9 Å². The van der Waals surface area contributed by atoms with E-state index in [1.54, 1.807) is 10.9 Å². The first-order valence-electron chi connectivity index (χ1n) is 8.85. The summed E-state index contributed by atoms with van der Waals surface area (Å²) in [6.45, 7) is -0.295. The van der Waals surface area contributed by atoms with Crippen LogP contribution in [0, 0.1) is 17.7 Å². The number of benzene rings is 1. The summed E-state index contributed by atoms with van der Waals surface area (Å²) in [5.74, 6) is -1.33. The summed E-state index contributed by atoms with van der Waals surface area (Å²) in [4.78, 5) is 22.2. The molecule has 2 heterocycles. The van der Waals surface area contributed by atoms with E-state index in [2.05, 4.69) is 15.0 Å². The predicted molar refractivity (Wildman–Crippen MR) is 100 cm³/mol. The molecule has 4 unspecified atom stereocenters. The molecule has 0 radical (unpaired) electrons. The molecule has 1 aliphatic rings. The number of nitrogens with zero attached hydrogens (tertiary/aromatic N) is 4. The molecular weight excluding hydrogens is 404 g/mol. The maximum Gasteiger partial charge on any atom is 0.527 e. The molecule has 2 aromatic heterocycles. The number of hydrogen-bond acceptors (Lipinski definition) is 8. The summed E-state index contributed by atoms with van der Waals surface area (Å²) in [5.41, 5.74) is 6.82. The van der Waals surface area contributed by atoms with E-state index in [9.17, 15) is 19.0 Å². The van der Waals surface area contributed by atoms with Crippen LogP contribution >= 0.6 is 7.82 Å². The van der Waals surface area contributed by atoms with Gasteiger partial charge in [-0.1, -0.05) is 12.1 Å². The van der Waals surface area contributed by atoms with Gasteiger partial charge in [0.1, 0.15) is 11.8 Å². The molecule has 3 aromatic rings. The fraction of sp³-hybridized carbons (Fsp3) is 0.353. The molecule has 0 amide bonds. The number of hydrogen-bond donors (Lipinski definition) is 3. The largest absolute Gasteiger partial charge is 0.527 e. The molecule has 4 N–H and O–H groups in total. The highest BCUT2D eigenvalue weighted by molar-refractivity contribution is 7.47. The number of rotatable bonds is 7. The van der Waals surface area contributed by atoms with Gasteiger partial charge in [-0.15, -0.1) is 0 Å². The Morgan fingerprint density at radius 3 is 2.86 bits per heavy atom. The number of imidazole rings is 1. The lowest BCUT2D eigenvalue weighted by Gasteiger charge is -2.44. The fourth-order valence-corrected chi connectivity index (χ4v) is 4.36. The molecule has 1 aromatic carbocycles. The molecule has 0 bridgehead atoms. The molecule has 4 atom stereocenters. The molecule has 1 aliphatic carbocycles. The monoisotopic (exact) mass is 423 g/mol. The zero-order valence-electron chi connectivity index (χ0n) is 15.1. The highest BCUT2D eigenvalue weighted by atomic mass is 31.2. The molecule has 1 fully saturated rings. The van der Waals surface area contributed by atoms with Crippen molar-refractivity contribution in [3.8, 4) is 5.75 Å². The zero-order valence-corrected chi connectivity index (χ0v) is 16.0. The Morgan fingerprint density at radius 1 is 1.31 bits per heavy atom. The van der Waals surface area contributed by atoms with E-state index in [0.717, 1.165) is 6.07 Å². The number of phosphoric acid groups is 1. The number of para-hydroxylation sites is 1. The number of aliphatic hydroxyl groups is 1. The van der Waals surface area contributed by atoms with Crippen LogP contribution in [0.3, 0.4) is 0 Å². The van der Waals surface area contributed by atoms with Gasteiger partial charge in [-0.05, 0) is 24.5 Å². The Labute approximate surface area is 164 Å². The van der Waals surface area contributed by atoms with Crippen molar-refractivity contribution >= 4 is 24.8 Å². The average molecular weight is 423 g/mol. The third-order valence-corrected chi connectivity index (χ3v) is 6.00. The zero-order chi connectivity index (χ0) is 20.6. The highest BCUT2D eigenvalue weighted by Crippen LogP contribution is 2.50. The Morgan fingerprint density at radius 2 is 2.10 bits per heavy atom. The van der Waals surface area contributed by atoms with E-state index >= 15 is 0 Å². The van der Waals surface area contributed by atoms with E-state index in [1.165, 1.54) is 24.5 Å². The Balaban J connectivity index is 1.41. The van der Waals surface area contributed by atoms with Crippen molar-refractivity contribution in [1.29, 1.82) is 0 Å². The first kappa shape index (κ1) is 19.7. The van der Waals surface area contributed by atoms with Crippen molar-refractivity contribution in [2.75, 3.05) is 18.9 Å². The van der Waals surface area contributed by atoms with E-state index in [4.69, 9.17) is 14.8 Å². The standard InChI is InChI=1S/C17H19FN5O5P/c18-12-3-1-2-4-14(12)28-29(25,26)27-7-10-5-13(11(10)6-24)23-9-22-15-16(19)20-8-21-17(15)23/h1-4,8-11,13,24H,5-7H2,(H,25,26)(H2,19,20,21). The molecule has 1 saturated carbocycles. The van der Waals surface area contributed by atoms with Crippen LogP contribution in [0.1, 0.15) is 12.5 Å². The van der Waals surface area contributed by atoms with E-state index in [1.807, 2.05) is 0 Å². The third-order valence-electron chi connectivity index (χ3n) is 5.10. The van der Waals surface area contributed by atoms with Gasteiger partial charge in [0.15, 0.2) is 23.0 Å². The van der Waals surface area contributed by atoms with E-state index < -0.39 is 13.6 Å². The molecule has 0 aliphatic heterocycles. The van der Waals surface area contributed by atoms with Crippen LogP contribution in [-0.4, -0.2) is 42.7 Å². The van der Waals surface area contributed by atoms with Crippen LogP contribution in [0.25, 0.3) is 11.2 Å². The van der Waals surface area contributed by atoms with Crippen molar-refractivity contribution in [2.24, 2.45) is 11.8 Å². The number of nitrogen functional groups attached to an aromatic ring is 1. The fourth-order valence-electron chi connectivity index (χ4n) is 3.53. The normalized spacial score (nSPS) is 23.5.